The molecule has 0 saturated carbocycles. The lowest BCUT2D eigenvalue weighted by Crippen LogP contribution is -2.35. The molecule has 3 aromatic carbocycles. The van der Waals surface area contributed by atoms with Gasteiger partial charge in [-0.05, 0) is 66.8 Å². The number of rotatable bonds is 5. The van der Waals surface area contributed by atoms with Crippen LogP contribution in [0, 0.1) is 0 Å². The maximum atomic E-state index is 13.0. The lowest BCUT2D eigenvalue weighted by Gasteiger charge is -2.30. The molecule has 0 radical (unpaired) electrons. The predicted molar refractivity (Wildman–Crippen MR) is 120 cm³/mol. The summed E-state index contributed by atoms with van der Waals surface area (Å²) in [6.45, 7) is 1.24. The Kier molecular flexibility index (Phi) is 6.15. The smallest absolute Gasteiger partial charge is 0.258 e. The molecule has 2 amide bonds. The average Bonchev–Trinajstić information content (AvgIpc) is 2.78. The zero-order valence-corrected chi connectivity index (χ0v) is 17.4. The molecule has 0 spiro atoms. The SMILES string of the molecule is O=C(NCCc1ccccc1)c1ccc2c(c1)CCCN2C(=O)c1cccc(Cl)c1. The molecule has 3 aromatic rings. The Morgan fingerprint density at radius 1 is 0.933 bits per heavy atom. The second-order valence-corrected chi connectivity index (χ2v) is 7.84. The molecule has 30 heavy (non-hydrogen) atoms. The monoisotopic (exact) mass is 418 g/mol. The fraction of sp³-hybridized carbons (Fsp3) is 0.200. The Labute approximate surface area is 181 Å². The van der Waals surface area contributed by atoms with E-state index in [9.17, 15) is 9.59 Å². The van der Waals surface area contributed by atoms with Crippen molar-refractivity contribution in [2.45, 2.75) is 19.3 Å². The second kappa shape index (κ2) is 9.14. The van der Waals surface area contributed by atoms with E-state index in [1.165, 1.54) is 5.56 Å². The van der Waals surface area contributed by atoms with Gasteiger partial charge in [0.1, 0.15) is 0 Å². The Morgan fingerprint density at radius 2 is 1.77 bits per heavy atom. The van der Waals surface area contributed by atoms with Crippen LogP contribution < -0.4 is 10.2 Å². The highest BCUT2D eigenvalue weighted by molar-refractivity contribution is 6.31. The number of carbonyl (C=O) groups is 2. The number of carbonyl (C=O) groups excluding carboxylic acids is 2. The number of fused-ring (bicyclic) bond motifs is 1. The summed E-state index contributed by atoms with van der Waals surface area (Å²) in [5.74, 6) is -0.162. The number of hydrogen-bond acceptors (Lipinski definition) is 2. The molecule has 1 heterocycles. The number of halogens is 1. The number of hydrogen-bond donors (Lipinski definition) is 1. The zero-order chi connectivity index (χ0) is 20.9. The van der Waals surface area contributed by atoms with Gasteiger partial charge in [0.15, 0.2) is 0 Å². The molecule has 4 nitrogen and oxygen atoms in total. The van der Waals surface area contributed by atoms with Gasteiger partial charge in [0.05, 0.1) is 0 Å². The first-order valence-electron chi connectivity index (χ1n) is 10.1. The summed E-state index contributed by atoms with van der Waals surface area (Å²) in [5.41, 5.74) is 4.27. The number of anilines is 1. The Balaban J connectivity index is 1.46. The van der Waals surface area contributed by atoms with Crippen molar-refractivity contribution >= 4 is 29.1 Å². The molecule has 152 valence electrons. The maximum absolute atomic E-state index is 13.0. The van der Waals surface area contributed by atoms with Crippen molar-refractivity contribution in [1.82, 2.24) is 5.32 Å². The first-order chi connectivity index (χ1) is 14.6. The van der Waals surface area contributed by atoms with Crippen LogP contribution in [0.2, 0.25) is 5.02 Å². The predicted octanol–water partition coefficient (Wildman–Crippen LogP) is 4.91. The average molecular weight is 419 g/mol. The van der Waals surface area contributed by atoms with Crippen LogP contribution in [0.5, 0.6) is 0 Å². The minimum absolute atomic E-state index is 0.0708. The largest absolute Gasteiger partial charge is 0.352 e. The van der Waals surface area contributed by atoms with Crippen LogP contribution in [0.3, 0.4) is 0 Å². The fourth-order valence-corrected chi connectivity index (χ4v) is 3.98. The van der Waals surface area contributed by atoms with E-state index in [1.54, 1.807) is 35.2 Å². The van der Waals surface area contributed by atoms with Gasteiger partial charge in [-0.1, -0.05) is 48.0 Å². The number of nitrogens with one attached hydrogen (secondary N) is 1. The molecule has 0 bridgehead atoms. The van der Waals surface area contributed by atoms with Crippen molar-refractivity contribution in [1.29, 1.82) is 0 Å². The van der Waals surface area contributed by atoms with Crippen LogP contribution in [-0.4, -0.2) is 24.9 Å². The number of benzene rings is 3. The van der Waals surface area contributed by atoms with E-state index >= 15 is 0 Å². The Morgan fingerprint density at radius 3 is 2.57 bits per heavy atom. The van der Waals surface area contributed by atoms with Crippen molar-refractivity contribution < 1.29 is 9.59 Å². The standard InChI is InChI=1S/C25H23ClN2O2/c26-22-10-4-8-21(17-22)25(30)28-15-5-9-19-16-20(11-12-23(19)28)24(29)27-14-13-18-6-2-1-3-7-18/h1-4,6-8,10-12,16-17H,5,9,13-15H2,(H,27,29). The normalized spacial score (nSPS) is 12.9. The summed E-state index contributed by atoms with van der Waals surface area (Å²) < 4.78 is 0. The van der Waals surface area contributed by atoms with Gasteiger partial charge in [-0.3, -0.25) is 9.59 Å². The maximum Gasteiger partial charge on any atom is 0.258 e. The third-order valence-corrected chi connectivity index (χ3v) is 5.55. The minimum atomic E-state index is -0.0907. The van der Waals surface area contributed by atoms with E-state index in [0.29, 0.717) is 29.2 Å². The molecule has 5 heteroatoms. The van der Waals surface area contributed by atoms with E-state index in [0.717, 1.165) is 30.5 Å². The van der Waals surface area contributed by atoms with Crippen LogP contribution in [-0.2, 0) is 12.8 Å². The van der Waals surface area contributed by atoms with E-state index in [4.69, 9.17) is 11.6 Å². The highest BCUT2D eigenvalue weighted by Crippen LogP contribution is 2.30. The van der Waals surface area contributed by atoms with E-state index in [2.05, 4.69) is 17.4 Å². The van der Waals surface area contributed by atoms with Crippen LogP contribution in [0.15, 0.2) is 72.8 Å². The fourth-order valence-electron chi connectivity index (χ4n) is 3.79. The van der Waals surface area contributed by atoms with Gasteiger partial charge >= 0.3 is 0 Å². The van der Waals surface area contributed by atoms with Crippen LogP contribution in [0.4, 0.5) is 5.69 Å². The highest BCUT2D eigenvalue weighted by Gasteiger charge is 2.24. The highest BCUT2D eigenvalue weighted by atomic mass is 35.5. The molecule has 0 aliphatic carbocycles. The van der Waals surface area contributed by atoms with Gasteiger partial charge in [0, 0.05) is 34.9 Å². The summed E-state index contributed by atoms with van der Waals surface area (Å²) in [4.78, 5) is 27.4. The molecule has 0 saturated heterocycles. The van der Waals surface area contributed by atoms with E-state index in [1.807, 2.05) is 30.3 Å². The number of amides is 2. The van der Waals surface area contributed by atoms with Crippen LogP contribution in [0.25, 0.3) is 0 Å². The van der Waals surface area contributed by atoms with Crippen molar-refractivity contribution in [2.24, 2.45) is 0 Å². The minimum Gasteiger partial charge on any atom is -0.352 e. The first-order valence-corrected chi connectivity index (χ1v) is 10.5. The topological polar surface area (TPSA) is 49.4 Å². The van der Waals surface area contributed by atoms with Gasteiger partial charge in [-0.2, -0.15) is 0 Å². The van der Waals surface area contributed by atoms with Crippen molar-refractivity contribution in [3.05, 3.63) is 100 Å². The van der Waals surface area contributed by atoms with Crippen molar-refractivity contribution in [3.8, 4) is 0 Å². The van der Waals surface area contributed by atoms with E-state index in [-0.39, 0.29) is 11.8 Å². The van der Waals surface area contributed by atoms with Crippen LogP contribution in [0.1, 0.15) is 38.3 Å². The molecule has 0 fully saturated rings. The number of nitrogens with zero attached hydrogens (tertiary/aromatic N) is 1. The third-order valence-electron chi connectivity index (χ3n) is 5.32. The van der Waals surface area contributed by atoms with Gasteiger partial charge in [-0.15, -0.1) is 0 Å². The Bertz CT molecular complexity index is 1070. The van der Waals surface area contributed by atoms with Crippen molar-refractivity contribution in [3.63, 3.8) is 0 Å². The summed E-state index contributed by atoms with van der Waals surface area (Å²) in [6.07, 6.45) is 2.50. The number of aryl methyl sites for hydroxylation is 1. The van der Waals surface area contributed by atoms with Crippen LogP contribution >= 0.6 is 11.6 Å². The molecular weight excluding hydrogens is 396 g/mol. The third kappa shape index (κ3) is 4.55. The molecule has 1 N–H and O–H groups in total. The summed E-state index contributed by atoms with van der Waals surface area (Å²) in [7, 11) is 0. The molecule has 1 aliphatic rings. The zero-order valence-electron chi connectivity index (χ0n) is 16.6. The molecule has 1 aliphatic heterocycles. The molecular formula is C25H23ClN2O2. The van der Waals surface area contributed by atoms with Gasteiger partial charge in [0.25, 0.3) is 11.8 Å². The molecule has 0 aromatic heterocycles. The van der Waals surface area contributed by atoms with Gasteiger partial charge in [0.2, 0.25) is 0 Å². The molecule has 4 rings (SSSR count). The van der Waals surface area contributed by atoms with E-state index < -0.39 is 0 Å². The summed E-state index contributed by atoms with van der Waals surface area (Å²) in [6, 6.07) is 22.7. The molecule has 0 unspecified atom stereocenters. The first kappa shape index (κ1) is 20.2. The Hall–Kier alpha value is -3.11. The lowest BCUT2D eigenvalue weighted by atomic mass is 9.98. The second-order valence-electron chi connectivity index (χ2n) is 7.41. The van der Waals surface area contributed by atoms with Gasteiger partial charge < -0.3 is 10.2 Å². The lowest BCUT2D eigenvalue weighted by molar-refractivity contribution is 0.0953. The molecule has 0 atom stereocenters. The quantitative estimate of drug-likeness (QED) is 0.640. The summed E-state index contributed by atoms with van der Waals surface area (Å²) >= 11 is 6.05. The van der Waals surface area contributed by atoms with Gasteiger partial charge in [-0.25, -0.2) is 0 Å². The summed E-state index contributed by atoms with van der Waals surface area (Å²) in [5, 5.41) is 3.53. The van der Waals surface area contributed by atoms with Crippen molar-refractivity contribution in [2.75, 3.05) is 18.0 Å².